The lowest BCUT2D eigenvalue weighted by molar-refractivity contribution is 0.555. The second kappa shape index (κ2) is 5.09. The highest BCUT2D eigenvalue weighted by molar-refractivity contribution is 5.57. The van der Waals surface area contributed by atoms with Gasteiger partial charge in [0.2, 0.25) is 0 Å². The molecule has 0 aliphatic heterocycles. The quantitative estimate of drug-likeness (QED) is 0.835. The summed E-state index contributed by atoms with van der Waals surface area (Å²) in [6, 6.07) is 1.96. The van der Waals surface area contributed by atoms with Gasteiger partial charge in [0.25, 0.3) is 0 Å². The van der Waals surface area contributed by atoms with Crippen LogP contribution < -0.4 is 5.73 Å². The van der Waals surface area contributed by atoms with Crippen molar-refractivity contribution in [3.63, 3.8) is 0 Å². The van der Waals surface area contributed by atoms with E-state index < -0.39 is 0 Å². The Morgan fingerprint density at radius 3 is 2.82 bits per heavy atom. The summed E-state index contributed by atoms with van der Waals surface area (Å²) in [5, 5.41) is 12.5. The van der Waals surface area contributed by atoms with Crippen LogP contribution in [-0.4, -0.2) is 24.8 Å². The third-order valence-electron chi connectivity index (χ3n) is 2.79. The van der Waals surface area contributed by atoms with E-state index in [1.807, 2.05) is 22.5 Å². The van der Waals surface area contributed by atoms with Crippen molar-refractivity contribution >= 4 is 0 Å². The van der Waals surface area contributed by atoms with E-state index in [1.165, 1.54) is 0 Å². The summed E-state index contributed by atoms with van der Waals surface area (Å²) >= 11 is 0. The Morgan fingerprint density at radius 1 is 1.41 bits per heavy atom. The van der Waals surface area contributed by atoms with Crippen LogP contribution >= 0.6 is 0 Å². The minimum atomic E-state index is 0.395. The van der Waals surface area contributed by atoms with Crippen molar-refractivity contribution in [2.24, 2.45) is 12.8 Å². The predicted molar refractivity (Wildman–Crippen MR) is 65.0 cm³/mol. The van der Waals surface area contributed by atoms with Crippen molar-refractivity contribution in [1.29, 1.82) is 0 Å². The zero-order valence-electron chi connectivity index (χ0n) is 10.3. The fourth-order valence-corrected chi connectivity index (χ4v) is 1.84. The average Bonchev–Trinajstić information content (AvgIpc) is 2.91. The molecule has 0 aliphatic rings. The first-order valence-electron chi connectivity index (χ1n) is 5.88. The van der Waals surface area contributed by atoms with Crippen LogP contribution in [-0.2, 0) is 20.1 Å². The van der Waals surface area contributed by atoms with Gasteiger partial charge in [0.1, 0.15) is 11.4 Å². The molecule has 0 radical (unpaired) electrons. The van der Waals surface area contributed by atoms with Crippen molar-refractivity contribution in [1.82, 2.24) is 24.8 Å². The molecule has 2 aromatic heterocycles. The first kappa shape index (κ1) is 11.8. The summed E-state index contributed by atoms with van der Waals surface area (Å²) in [6.07, 6.45) is 3.98. The predicted octanol–water partition coefficient (Wildman–Crippen LogP) is 0.937. The summed E-state index contributed by atoms with van der Waals surface area (Å²) in [7, 11) is 1.91. The van der Waals surface area contributed by atoms with Gasteiger partial charge < -0.3 is 5.73 Å². The van der Waals surface area contributed by atoms with E-state index in [4.69, 9.17) is 5.73 Å². The van der Waals surface area contributed by atoms with Gasteiger partial charge in [-0.05, 0) is 12.5 Å². The first-order valence-corrected chi connectivity index (χ1v) is 5.88. The molecular formula is C11H18N6. The monoisotopic (exact) mass is 234 g/mol. The molecule has 2 heterocycles. The Labute approximate surface area is 100 Å². The van der Waals surface area contributed by atoms with E-state index in [1.54, 1.807) is 6.20 Å². The molecule has 0 aromatic carbocycles. The van der Waals surface area contributed by atoms with E-state index in [2.05, 4.69) is 22.3 Å². The zero-order valence-corrected chi connectivity index (χ0v) is 10.3. The second-order valence-corrected chi connectivity index (χ2v) is 4.01. The molecule has 2 aromatic rings. The maximum absolute atomic E-state index is 5.70. The highest BCUT2D eigenvalue weighted by atomic mass is 15.4. The molecule has 0 amide bonds. The largest absolute Gasteiger partial charge is 0.325 e. The third kappa shape index (κ3) is 2.21. The fourth-order valence-electron chi connectivity index (χ4n) is 1.84. The van der Waals surface area contributed by atoms with Crippen molar-refractivity contribution in [3.8, 4) is 11.4 Å². The maximum Gasteiger partial charge on any atom is 0.111 e. The van der Waals surface area contributed by atoms with Crippen LogP contribution in [0, 0.1) is 0 Å². The molecule has 2 N–H and O–H groups in total. The topological polar surface area (TPSA) is 74.6 Å². The number of rotatable bonds is 5. The minimum absolute atomic E-state index is 0.395. The van der Waals surface area contributed by atoms with Gasteiger partial charge in [-0.3, -0.25) is 4.68 Å². The lowest BCUT2D eigenvalue weighted by Crippen LogP contribution is -2.07. The molecule has 0 atom stereocenters. The highest BCUT2D eigenvalue weighted by Crippen LogP contribution is 2.21. The second-order valence-electron chi connectivity index (χ2n) is 4.01. The molecular weight excluding hydrogens is 216 g/mol. The Bertz CT molecular complexity index is 484. The third-order valence-corrected chi connectivity index (χ3v) is 2.79. The van der Waals surface area contributed by atoms with Gasteiger partial charge in [0.05, 0.1) is 5.69 Å². The normalized spacial score (nSPS) is 11.0. The number of hydrogen-bond donors (Lipinski definition) is 1. The van der Waals surface area contributed by atoms with Gasteiger partial charge in [-0.25, -0.2) is 4.68 Å². The van der Waals surface area contributed by atoms with Crippen LogP contribution in [0.5, 0.6) is 0 Å². The summed E-state index contributed by atoms with van der Waals surface area (Å²) in [5.41, 5.74) is 8.52. The Hall–Kier alpha value is -1.69. The number of unbranched alkanes of at least 4 members (excludes halogenated alkanes) is 1. The van der Waals surface area contributed by atoms with Crippen LogP contribution in [0.3, 0.4) is 0 Å². The molecule has 0 bridgehead atoms. The highest BCUT2D eigenvalue weighted by Gasteiger charge is 2.16. The Morgan fingerprint density at radius 2 is 2.24 bits per heavy atom. The van der Waals surface area contributed by atoms with Crippen molar-refractivity contribution < 1.29 is 0 Å². The molecule has 92 valence electrons. The van der Waals surface area contributed by atoms with Crippen molar-refractivity contribution in [2.75, 3.05) is 0 Å². The van der Waals surface area contributed by atoms with Gasteiger partial charge in [-0.1, -0.05) is 18.6 Å². The molecule has 0 saturated carbocycles. The van der Waals surface area contributed by atoms with Crippen LogP contribution in [0.25, 0.3) is 11.4 Å². The lowest BCUT2D eigenvalue weighted by atomic mass is 10.2. The molecule has 0 aliphatic carbocycles. The minimum Gasteiger partial charge on any atom is -0.325 e. The number of aromatic nitrogens is 5. The molecule has 17 heavy (non-hydrogen) atoms. The summed E-state index contributed by atoms with van der Waals surface area (Å²) in [6.45, 7) is 3.42. The van der Waals surface area contributed by atoms with Crippen LogP contribution in [0.2, 0.25) is 0 Å². The molecule has 6 nitrogen and oxygen atoms in total. The summed E-state index contributed by atoms with van der Waals surface area (Å²) in [4.78, 5) is 0. The van der Waals surface area contributed by atoms with Gasteiger partial charge in [0.15, 0.2) is 0 Å². The fraction of sp³-hybridized carbons (Fsp3) is 0.545. The van der Waals surface area contributed by atoms with E-state index in [9.17, 15) is 0 Å². The van der Waals surface area contributed by atoms with Crippen LogP contribution in [0.4, 0.5) is 0 Å². The van der Waals surface area contributed by atoms with Gasteiger partial charge >= 0.3 is 0 Å². The van der Waals surface area contributed by atoms with E-state index in [-0.39, 0.29) is 0 Å². The molecule has 0 saturated heterocycles. The van der Waals surface area contributed by atoms with Gasteiger partial charge in [0, 0.05) is 26.3 Å². The van der Waals surface area contributed by atoms with Crippen molar-refractivity contribution in [2.45, 2.75) is 32.9 Å². The molecule has 0 unspecified atom stereocenters. The van der Waals surface area contributed by atoms with Crippen LogP contribution in [0.1, 0.15) is 25.5 Å². The van der Waals surface area contributed by atoms with E-state index in [0.29, 0.717) is 6.54 Å². The SMILES string of the molecule is CCCCn1nnc(CN)c1-c1ccnn1C. The molecule has 0 spiro atoms. The zero-order chi connectivity index (χ0) is 12.3. The standard InChI is InChI=1S/C11H18N6/c1-3-4-7-17-11(9(8-12)14-15-17)10-5-6-13-16(10)2/h5-6H,3-4,7-8,12H2,1-2H3. The number of hydrogen-bond acceptors (Lipinski definition) is 4. The smallest absolute Gasteiger partial charge is 0.111 e. The molecule has 6 heteroatoms. The number of nitrogens with two attached hydrogens (primary N) is 1. The average molecular weight is 234 g/mol. The summed E-state index contributed by atoms with van der Waals surface area (Å²) in [5.74, 6) is 0. The van der Waals surface area contributed by atoms with E-state index >= 15 is 0 Å². The lowest BCUT2D eigenvalue weighted by Gasteiger charge is -2.07. The van der Waals surface area contributed by atoms with E-state index in [0.717, 1.165) is 36.5 Å². The van der Waals surface area contributed by atoms with Gasteiger partial charge in [-0.15, -0.1) is 5.10 Å². The Kier molecular flexibility index (Phi) is 3.53. The van der Waals surface area contributed by atoms with Crippen LogP contribution in [0.15, 0.2) is 12.3 Å². The molecule has 0 fully saturated rings. The molecule has 2 rings (SSSR count). The maximum atomic E-state index is 5.70. The first-order chi connectivity index (χ1) is 8.27. The number of nitrogens with zero attached hydrogens (tertiary/aromatic N) is 5. The Balaban J connectivity index is 2.42. The van der Waals surface area contributed by atoms with Crippen molar-refractivity contribution in [3.05, 3.63) is 18.0 Å². The summed E-state index contributed by atoms with van der Waals surface area (Å²) < 4.78 is 3.74. The number of aryl methyl sites for hydroxylation is 2. The van der Waals surface area contributed by atoms with Gasteiger partial charge in [-0.2, -0.15) is 5.10 Å².